The average Bonchev–Trinajstić information content (AvgIpc) is 3.20. The number of benzene rings is 1. The van der Waals surface area contributed by atoms with E-state index in [9.17, 15) is 4.79 Å². The summed E-state index contributed by atoms with van der Waals surface area (Å²) in [5, 5.41) is 11.9. The summed E-state index contributed by atoms with van der Waals surface area (Å²) >= 11 is 0. The smallest absolute Gasteiger partial charge is 0.272 e. The molecule has 2 aromatic heterocycles. The number of carbonyl (C=O) groups is 1. The second-order valence-electron chi connectivity index (χ2n) is 6.15. The number of hydrogen-bond acceptors (Lipinski definition) is 3. The first-order chi connectivity index (χ1) is 12.1. The molecule has 0 spiro atoms. The maximum atomic E-state index is 12.5. The molecule has 6 nitrogen and oxygen atoms in total. The van der Waals surface area contributed by atoms with Crippen molar-refractivity contribution in [2.45, 2.75) is 39.9 Å². The highest BCUT2D eigenvalue weighted by atomic mass is 16.2. The monoisotopic (exact) mass is 337 g/mol. The van der Waals surface area contributed by atoms with E-state index in [1.54, 1.807) is 16.9 Å². The number of hydrogen-bond donors (Lipinski definition) is 1. The molecule has 0 aliphatic rings. The number of amides is 1. The first kappa shape index (κ1) is 17.0. The maximum Gasteiger partial charge on any atom is 0.272 e. The number of nitrogens with zero attached hydrogens (tertiary/aromatic N) is 4. The van der Waals surface area contributed by atoms with Crippen LogP contribution >= 0.6 is 0 Å². The Morgan fingerprint density at radius 2 is 1.92 bits per heavy atom. The molecule has 1 N–H and O–H groups in total. The molecule has 0 saturated heterocycles. The zero-order valence-electron chi connectivity index (χ0n) is 14.8. The minimum atomic E-state index is -0.164. The molecule has 1 unspecified atom stereocenters. The van der Waals surface area contributed by atoms with E-state index in [0.717, 1.165) is 23.4 Å². The summed E-state index contributed by atoms with van der Waals surface area (Å²) < 4.78 is 3.58. The number of aryl methyl sites for hydroxylation is 2. The Balaban J connectivity index is 1.69. The van der Waals surface area contributed by atoms with Crippen molar-refractivity contribution in [2.24, 2.45) is 0 Å². The predicted octanol–water partition coefficient (Wildman–Crippen LogP) is 3.08. The second-order valence-corrected chi connectivity index (χ2v) is 6.15. The number of rotatable bonds is 6. The molecule has 0 saturated carbocycles. The third kappa shape index (κ3) is 3.96. The van der Waals surface area contributed by atoms with Crippen LogP contribution < -0.4 is 5.32 Å². The van der Waals surface area contributed by atoms with Crippen LogP contribution in [0.3, 0.4) is 0 Å². The Labute approximate surface area is 147 Å². The summed E-state index contributed by atoms with van der Waals surface area (Å²) in [7, 11) is 0. The maximum absolute atomic E-state index is 12.5. The Bertz CT molecular complexity index is 850. The minimum Gasteiger partial charge on any atom is -0.344 e. The third-order valence-corrected chi connectivity index (χ3v) is 4.17. The normalized spacial score (nSPS) is 12.1. The fraction of sp³-hybridized carbons (Fsp3) is 0.316. The zero-order chi connectivity index (χ0) is 17.8. The first-order valence-electron chi connectivity index (χ1n) is 8.47. The van der Waals surface area contributed by atoms with Crippen LogP contribution in [0.1, 0.15) is 46.8 Å². The number of aromatic nitrogens is 4. The van der Waals surface area contributed by atoms with Crippen molar-refractivity contribution < 1.29 is 4.79 Å². The summed E-state index contributed by atoms with van der Waals surface area (Å²) in [5.74, 6) is -0.164. The van der Waals surface area contributed by atoms with Crippen molar-refractivity contribution in [1.29, 1.82) is 0 Å². The first-order valence-corrected chi connectivity index (χ1v) is 8.47. The molecule has 25 heavy (non-hydrogen) atoms. The molecule has 1 atom stereocenters. The summed E-state index contributed by atoms with van der Waals surface area (Å²) in [4.78, 5) is 12.5. The average molecular weight is 337 g/mol. The zero-order valence-corrected chi connectivity index (χ0v) is 14.8. The number of nitrogens with one attached hydrogen (secondary N) is 1. The van der Waals surface area contributed by atoms with Gasteiger partial charge in [0, 0.05) is 11.9 Å². The highest BCUT2D eigenvalue weighted by Gasteiger charge is 2.16. The highest BCUT2D eigenvalue weighted by Crippen LogP contribution is 2.16. The molecule has 0 aliphatic carbocycles. The Morgan fingerprint density at radius 1 is 1.16 bits per heavy atom. The van der Waals surface area contributed by atoms with Gasteiger partial charge >= 0.3 is 0 Å². The van der Waals surface area contributed by atoms with E-state index >= 15 is 0 Å². The van der Waals surface area contributed by atoms with E-state index in [1.165, 1.54) is 0 Å². The van der Waals surface area contributed by atoms with Gasteiger partial charge in [0.05, 0.1) is 11.7 Å². The van der Waals surface area contributed by atoms with Gasteiger partial charge in [0.15, 0.2) is 0 Å². The van der Waals surface area contributed by atoms with Crippen molar-refractivity contribution in [3.63, 3.8) is 0 Å². The topological polar surface area (TPSA) is 64.7 Å². The van der Waals surface area contributed by atoms with Gasteiger partial charge in [-0.25, -0.2) is 4.68 Å². The molecule has 3 aromatic rings. The summed E-state index contributed by atoms with van der Waals surface area (Å²) in [6.45, 7) is 6.50. The van der Waals surface area contributed by atoms with Crippen LogP contribution in [0.2, 0.25) is 0 Å². The van der Waals surface area contributed by atoms with Crippen LogP contribution in [-0.4, -0.2) is 25.5 Å². The minimum absolute atomic E-state index is 0.0186. The van der Waals surface area contributed by atoms with Crippen LogP contribution in [0.5, 0.6) is 0 Å². The molecule has 0 bridgehead atoms. The van der Waals surface area contributed by atoms with Gasteiger partial charge in [0.25, 0.3) is 5.91 Å². The van der Waals surface area contributed by atoms with Crippen molar-refractivity contribution in [2.75, 3.05) is 0 Å². The molecule has 6 heteroatoms. The van der Waals surface area contributed by atoms with Gasteiger partial charge < -0.3 is 5.32 Å². The van der Waals surface area contributed by atoms with Gasteiger partial charge in [-0.3, -0.25) is 9.48 Å². The lowest BCUT2D eigenvalue weighted by Gasteiger charge is -2.16. The van der Waals surface area contributed by atoms with E-state index < -0.39 is 0 Å². The molecule has 0 aliphatic heterocycles. The molecule has 0 radical (unpaired) electrons. The molecule has 1 aromatic carbocycles. The summed E-state index contributed by atoms with van der Waals surface area (Å²) in [6.07, 6.45) is 2.62. The number of carbonyl (C=O) groups excluding carboxylic acids is 1. The van der Waals surface area contributed by atoms with Crippen molar-refractivity contribution in [3.05, 3.63) is 71.3 Å². The molecule has 2 heterocycles. The summed E-state index contributed by atoms with van der Waals surface area (Å²) in [5.41, 5.74) is 3.54. The lowest BCUT2D eigenvalue weighted by Crippen LogP contribution is -2.28. The Hall–Kier alpha value is -2.89. The molecular formula is C19H23N5O. The van der Waals surface area contributed by atoms with Gasteiger partial charge in [0.1, 0.15) is 12.4 Å². The lowest BCUT2D eigenvalue weighted by molar-refractivity contribution is 0.0929. The quantitative estimate of drug-likeness (QED) is 0.752. The van der Waals surface area contributed by atoms with Crippen LogP contribution in [-0.2, 0) is 6.67 Å². The molecule has 1 amide bonds. The lowest BCUT2D eigenvalue weighted by atomic mass is 10.0. The van der Waals surface area contributed by atoms with Gasteiger partial charge in [0.2, 0.25) is 0 Å². The van der Waals surface area contributed by atoms with Crippen LogP contribution in [0.4, 0.5) is 0 Å². The van der Waals surface area contributed by atoms with E-state index in [-0.39, 0.29) is 11.9 Å². The van der Waals surface area contributed by atoms with Crippen LogP contribution in [0.15, 0.2) is 48.7 Å². The third-order valence-electron chi connectivity index (χ3n) is 4.17. The Morgan fingerprint density at radius 3 is 2.56 bits per heavy atom. The fourth-order valence-electron chi connectivity index (χ4n) is 2.86. The van der Waals surface area contributed by atoms with E-state index in [0.29, 0.717) is 12.4 Å². The van der Waals surface area contributed by atoms with Crippen LogP contribution in [0.25, 0.3) is 0 Å². The van der Waals surface area contributed by atoms with Gasteiger partial charge in [-0.05, 0) is 38.0 Å². The molecule has 3 rings (SSSR count). The molecular weight excluding hydrogens is 314 g/mol. The van der Waals surface area contributed by atoms with Crippen molar-refractivity contribution in [1.82, 2.24) is 24.9 Å². The summed E-state index contributed by atoms with van der Waals surface area (Å²) in [6, 6.07) is 13.7. The highest BCUT2D eigenvalue weighted by molar-refractivity contribution is 5.92. The largest absolute Gasteiger partial charge is 0.344 e. The van der Waals surface area contributed by atoms with E-state index in [1.807, 2.05) is 54.9 Å². The van der Waals surface area contributed by atoms with Crippen molar-refractivity contribution in [3.8, 4) is 0 Å². The van der Waals surface area contributed by atoms with E-state index in [4.69, 9.17) is 0 Å². The van der Waals surface area contributed by atoms with Crippen molar-refractivity contribution >= 4 is 5.91 Å². The fourth-order valence-corrected chi connectivity index (χ4v) is 2.86. The predicted molar refractivity (Wildman–Crippen MR) is 96.3 cm³/mol. The molecule has 130 valence electrons. The van der Waals surface area contributed by atoms with Crippen LogP contribution in [0, 0.1) is 13.8 Å². The Kier molecular flexibility index (Phi) is 4.97. The van der Waals surface area contributed by atoms with E-state index in [2.05, 4.69) is 22.4 Å². The molecule has 0 fully saturated rings. The van der Waals surface area contributed by atoms with Gasteiger partial charge in [-0.15, -0.1) is 0 Å². The second kappa shape index (κ2) is 7.34. The van der Waals surface area contributed by atoms with Gasteiger partial charge in [-0.1, -0.05) is 37.3 Å². The standard InChI is InChI=1S/C19H23N5O/c1-4-17(16-8-6-5-7-9-16)20-19(25)18-10-11-23(22-18)13-24-15(3)12-14(2)21-24/h5-12,17H,4,13H2,1-3H3,(H,20,25). The van der Waals surface area contributed by atoms with Gasteiger partial charge in [-0.2, -0.15) is 10.2 Å². The SMILES string of the molecule is CCC(NC(=O)c1ccn(Cn2nc(C)cc2C)n1)c1ccccc1.